The molecule has 0 bridgehead atoms. The highest BCUT2D eigenvalue weighted by Crippen LogP contribution is 2.28. The van der Waals surface area contributed by atoms with Crippen LogP contribution in [0.15, 0.2) is 82.8 Å². The molecule has 32 heavy (non-hydrogen) atoms. The van der Waals surface area contributed by atoms with Crippen molar-refractivity contribution in [2.45, 2.75) is 20.0 Å². The number of hydrogen-bond acceptors (Lipinski definition) is 3. The van der Waals surface area contributed by atoms with E-state index in [9.17, 15) is 9.18 Å². The maximum atomic E-state index is 13.6. The quantitative estimate of drug-likeness (QED) is 0.423. The normalized spacial score (nSPS) is 12.5. The molecule has 0 radical (unpaired) electrons. The second-order valence-corrected chi connectivity index (χ2v) is 8.32. The first-order valence-corrected chi connectivity index (χ1v) is 10.6. The minimum absolute atomic E-state index is 0.165. The highest BCUT2D eigenvalue weighted by molar-refractivity contribution is 6.30. The number of hydrogen-bond donors (Lipinski definition) is 0. The van der Waals surface area contributed by atoms with E-state index in [4.69, 9.17) is 16.6 Å². The summed E-state index contributed by atoms with van der Waals surface area (Å²) in [6.45, 7) is 2.85. The Balaban J connectivity index is 1.46. The van der Waals surface area contributed by atoms with E-state index in [0.717, 1.165) is 39.2 Å². The van der Waals surface area contributed by atoms with Crippen molar-refractivity contribution in [3.8, 4) is 11.1 Å². The van der Waals surface area contributed by atoms with E-state index in [1.165, 1.54) is 16.7 Å². The minimum Gasteiger partial charge on any atom is -0.311 e. The third kappa shape index (κ3) is 3.99. The number of pyridine rings is 2. The minimum atomic E-state index is -0.419. The van der Waals surface area contributed by atoms with Gasteiger partial charge in [0.1, 0.15) is 5.82 Å². The van der Waals surface area contributed by atoms with Crippen LogP contribution in [0, 0.1) is 12.7 Å². The van der Waals surface area contributed by atoms with Gasteiger partial charge in [0.2, 0.25) is 0 Å². The van der Waals surface area contributed by atoms with Gasteiger partial charge in [-0.25, -0.2) is 4.39 Å². The molecule has 0 aliphatic carbocycles. The molecule has 6 heteroatoms. The molecular formula is C26H19ClFN3O. The van der Waals surface area contributed by atoms with Gasteiger partial charge in [-0.3, -0.25) is 14.8 Å². The summed E-state index contributed by atoms with van der Waals surface area (Å²) in [5, 5.41) is 0.310. The zero-order valence-corrected chi connectivity index (χ0v) is 18.1. The van der Waals surface area contributed by atoms with Crippen molar-refractivity contribution < 1.29 is 4.39 Å². The van der Waals surface area contributed by atoms with Gasteiger partial charge in [-0.15, -0.1) is 0 Å². The molecule has 4 nitrogen and oxygen atoms in total. The molecule has 0 saturated carbocycles. The van der Waals surface area contributed by atoms with E-state index in [1.807, 2.05) is 31.2 Å². The van der Waals surface area contributed by atoms with Crippen LogP contribution in [0.25, 0.3) is 11.1 Å². The van der Waals surface area contributed by atoms with Crippen LogP contribution in [0.4, 0.5) is 4.39 Å². The predicted molar refractivity (Wildman–Crippen MR) is 125 cm³/mol. The van der Waals surface area contributed by atoms with E-state index in [-0.39, 0.29) is 12.1 Å². The third-order valence-corrected chi connectivity index (χ3v) is 5.77. The number of aryl methyl sites for hydroxylation is 1. The first-order valence-electron chi connectivity index (χ1n) is 10.2. The van der Waals surface area contributed by atoms with Gasteiger partial charge >= 0.3 is 0 Å². The van der Waals surface area contributed by atoms with Gasteiger partial charge in [-0.05, 0) is 71.6 Å². The number of aliphatic imine (C=N–C) groups is 1. The van der Waals surface area contributed by atoms with Crippen molar-refractivity contribution in [3.05, 3.63) is 122 Å². The van der Waals surface area contributed by atoms with Crippen LogP contribution >= 0.6 is 11.6 Å². The van der Waals surface area contributed by atoms with E-state index >= 15 is 0 Å². The van der Waals surface area contributed by atoms with Gasteiger partial charge in [0.25, 0.3) is 5.56 Å². The van der Waals surface area contributed by atoms with Crippen molar-refractivity contribution in [2.75, 3.05) is 0 Å². The lowest BCUT2D eigenvalue weighted by molar-refractivity contribution is 0.623. The Morgan fingerprint density at radius 1 is 1.00 bits per heavy atom. The molecule has 2 aromatic heterocycles. The van der Waals surface area contributed by atoms with Crippen LogP contribution in [0.2, 0.25) is 5.02 Å². The smallest absolute Gasteiger partial charge is 0.251 e. The summed E-state index contributed by atoms with van der Waals surface area (Å²) in [6, 6.07) is 17.9. The summed E-state index contributed by atoms with van der Waals surface area (Å²) in [7, 11) is 0. The number of halogens is 2. The number of rotatable bonds is 4. The highest BCUT2D eigenvalue weighted by Gasteiger charge is 2.18. The lowest BCUT2D eigenvalue weighted by atomic mass is 9.96. The molecule has 0 unspecified atom stereocenters. The van der Waals surface area contributed by atoms with Crippen molar-refractivity contribution in [1.82, 2.24) is 9.55 Å². The molecule has 0 fully saturated rings. The van der Waals surface area contributed by atoms with Gasteiger partial charge in [0.05, 0.1) is 18.8 Å². The van der Waals surface area contributed by atoms with Gasteiger partial charge in [0, 0.05) is 40.3 Å². The standard InChI is InChI=1S/C26H19ClFN3O/c1-16-8-20(4-6-29-16)26-24-11-18(2-3-21(24)14-30-26)19-5-7-31(25(32)12-19)15-17-9-22(27)13-23(28)10-17/h2-13H,14-15H2,1H3. The molecule has 0 N–H and O–H groups in total. The van der Waals surface area contributed by atoms with Crippen molar-refractivity contribution in [1.29, 1.82) is 0 Å². The summed E-state index contributed by atoms with van der Waals surface area (Å²) < 4.78 is 15.2. The highest BCUT2D eigenvalue weighted by atomic mass is 35.5. The Morgan fingerprint density at radius 2 is 1.84 bits per heavy atom. The maximum absolute atomic E-state index is 13.6. The van der Waals surface area contributed by atoms with E-state index < -0.39 is 5.82 Å². The lowest BCUT2D eigenvalue weighted by Crippen LogP contribution is -2.19. The Hall–Kier alpha value is -3.57. The van der Waals surface area contributed by atoms with Crippen LogP contribution in [0.3, 0.4) is 0 Å². The molecule has 0 saturated heterocycles. The lowest BCUT2D eigenvalue weighted by Gasteiger charge is -2.10. The van der Waals surface area contributed by atoms with Crippen LogP contribution < -0.4 is 5.56 Å². The fourth-order valence-corrected chi connectivity index (χ4v) is 4.26. The number of benzene rings is 2. The zero-order chi connectivity index (χ0) is 22.2. The molecule has 5 rings (SSSR count). The average molecular weight is 444 g/mol. The summed E-state index contributed by atoms with van der Waals surface area (Å²) in [4.78, 5) is 21.7. The van der Waals surface area contributed by atoms with Crippen molar-refractivity contribution in [3.63, 3.8) is 0 Å². The second kappa shape index (κ2) is 8.17. The van der Waals surface area contributed by atoms with Gasteiger partial charge < -0.3 is 4.57 Å². The third-order valence-electron chi connectivity index (χ3n) is 5.55. The summed E-state index contributed by atoms with van der Waals surface area (Å²) in [5.74, 6) is -0.419. The average Bonchev–Trinajstić information content (AvgIpc) is 3.18. The van der Waals surface area contributed by atoms with Crippen molar-refractivity contribution >= 4 is 17.3 Å². The predicted octanol–water partition coefficient (Wildman–Crippen LogP) is 5.41. The number of nitrogens with zero attached hydrogens (tertiary/aromatic N) is 3. The molecule has 1 aliphatic rings. The Bertz CT molecular complexity index is 1420. The molecule has 158 valence electrons. The molecule has 0 spiro atoms. The molecule has 2 aromatic carbocycles. The Morgan fingerprint density at radius 3 is 2.62 bits per heavy atom. The molecule has 3 heterocycles. The maximum Gasteiger partial charge on any atom is 0.251 e. The van der Waals surface area contributed by atoms with Gasteiger partial charge in [-0.1, -0.05) is 23.7 Å². The summed E-state index contributed by atoms with van der Waals surface area (Å²) >= 11 is 5.93. The summed E-state index contributed by atoms with van der Waals surface area (Å²) in [6.07, 6.45) is 3.52. The SMILES string of the molecule is Cc1cc(C2=NCc3ccc(-c4ccn(Cc5cc(F)cc(Cl)c5)c(=O)c4)cc32)ccn1. The largest absolute Gasteiger partial charge is 0.311 e. The number of aromatic nitrogens is 2. The summed E-state index contributed by atoms with van der Waals surface area (Å²) in [5.41, 5.74) is 7.41. The van der Waals surface area contributed by atoms with E-state index in [1.54, 1.807) is 24.5 Å². The fourth-order valence-electron chi connectivity index (χ4n) is 4.02. The fraction of sp³-hybridized carbons (Fsp3) is 0.115. The zero-order valence-electron chi connectivity index (χ0n) is 17.3. The Kier molecular flexibility index (Phi) is 5.19. The van der Waals surface area contributed by atoms with Crippen LogP contribution in [0.1, 0.15) is 27.9 Å². The van der Waals surface area contributed by atoms with Crippen LogP contribution in [-0.4, -0.2) is 15.3 Å². The van der Waals surface area contributed by atoms with E-state index in [0.29, 0.717) is 17.1 Å². The molecule has 4 aromatic rings. The molecule has 0 amide bonds. The number of fused-ring (bicyclic) bond motifs is 1. The molecular weight excluding hydrogens is 425 g/mol. The van der Waals surface area contributed by atoms with Crippen LogP contribution in [0.5, 0.6) is 0 Å². The topological polar surface area (TPSA) is 47.2 Å². The van der Waals surface area contributed by atoms with Crippen LogP contribution in [-0.2, 0) is 13.1 Å². The molecule has 1 aliphatic heterocycles. The van der Waals surface area contributed by atoms with Gasteiger partial charge in [0.15, 0.2) is 0 Å². The van der Waals surface area contributed by atoms with Gasteiger partial charge in [-0.2, -0.15) is 0 Å². The Labute approximate surface area is 189 Å². The monoisotopic (exact) mass is 443 g/mol. The first kappa shape index (κ1) is 20.3. The van der Waals surface area contributed by atoms with E-state index in [2.05, 4.69) is 17.1 Å². The first-order chi connectivity index (χ1) is 15.5. The molecule has 0 atom stereocenters. The second-order valence-electron chi connectivity index (χ2n) is 7.88. The van der Waals surface area contributed by atoms with Crippen molar-refractivity contribution in [2.24, 2.45) is 4.99 Å².